The van der Waals surface area contributed by atoms with Gasteiger partial charge in [-0.25, -0.2) is 0 Å². The Kier molecular flexibility index (Phi) is 11.7. The molecule has 0 amide bonds. The maximum atomic E-state index is 12.4. The van der Waals surface area contributed by atoms with E-state index in [0.29, 0.717) is 10.9 Å². The third kappa shape index (κ3) is 8.55. The largest absolute Gasteiger partial charge is 0.493 e. The van der Waals surface area contributed by atoms with E-state index in [1.807, 2.05) is 24.3 Å². The molecule has 2 aromatic rings. The van der Waals surface area contributed by atoms with E-state index in [-0.39, 0.29) is 17.9 Å². The average molecular weight is 666 g/mol. The van der Waals surface area contributed by atoms with Crippen molar-refractivity contribution in [1.29, 1.82) is 0 Å². The molecule has 2 aromatic carbocycles. The van der Waals surface area contributed by atoms with Crippen LogP contribution in [0.15, 0.2) is 40.9 Å². The molecule has 5 atom stereocenters. The maximum Gasteiger partial charge on any atom is 0.303 e. The van der Waals surface area contributed by atoms with Gasteiger partial charge in [-0.15, -0.1) is 0 Å². The SMILES string of the molecule is CCOc1cc(Br)c(Cc2ccc(CC)cc2)cc1[C@@]1(O)O[C@H](COC(C)=O)[C@@H](OC(C)=O)[C@H](OC(C)=O)[C@H]1OC(C)=O. The number of hydrogen-bond donors (Lipinski definition) is 1. The molecular weight excluding hydrogens is 628 g/mol. The lowest BCUT2D eigenvalue weighted by Gasteiger charge is -2.49. The second-order valence-electron chi connectivity index (χ2n) is 10.1. The molecule has 0 aliphatic carbocycles. The molecule has 0 aromatic heterocycles. The van der Waals surface area contributed by atoms with E-state index in [9.17, 15) is 24.3 Å². The lowest BCUT2D eigenvalue weighted by Crippen LogP contribution is -2.66. The van der Waals surface area contributed by atoms with E-state index >= 15 is 0 Å². The minimum atomic E-state index is -2.53. The number of carbonyl (C=O) groups excluding carboxylic acids is 4. The van der Waals surface area contributed by atoms with Crippen LogP contribution >= 0.6 is 15.9 Å². The van der Waals surface area contributed by atoms with Crippen molar-refractivity contribution in [3.05, 3.63) is 63.1 Å². The molecule has 1 aliphatic rings. The lowest BCUT2D eigenvalue weighted by atomic mass is 9.86. The first kappa shape index (κ1) is 34.0. The summed E-state index contributed by atoms with van der Waals surface area (Å²) in [6.45, 7) is 8.03. The fraction of sp³-hybridized carbons (Fsp3) is 0.484. The summed E-state index contributed by atoms with van der Waals surface area (Å²) < 4.78 is 34.4. The summed E-state index contributed by atoms with van der Waals surface area (Å²) in [5.41, 5.74) is 2.95. The molecule has 12 heteroatoms. The molecule has 1 fully saturated rings. The molecule has 0 bridgehead atoms. The predicted molar refractivity (Wildman–Crippen MR) is 156 cm³/mol. The molecule has 1 N–H and O–H groups in total. The van der Waals surface area contributed by atoms with Crippen molar-refractivity contribution in [2.45, 2.75) is 84.6 Å². The molecule has 1 heterocycles. The summed E-state index contributed by atoms with van der Waals surface area (Å²) in [4.78, 5) is 48.5. The minimum Gasteiger partial charge on any atom is -0.493 e. The van der Waals surface area contributed by atoms with Crippen molar-refractivity contribution in [1.82, 2.24) is 0 Å². The van der Waals surface area contributed by atoms with E-state index in [4.69, 9.17) is 28.4 Å². The summed E-state index contributed by atoms with van der Waals surface area (Å²) in [5.74, 6) is -5.45. The highest BCUT2D eigenvalue weighted by Crippen LogP contribution is 2.45. The van der Waals surface area contributed by atoms with Gasteiger partial charge >= 0.3 is 23.9 Å². The number of aliphatic hydroxyl groups is 1. The van der Waals surface area contributed by atoms with Crippen LogP contribution < -0.4 is 4.74 Å². The zero-order valence-electron chi connectivity index (χ0n) is 25.0. The van der Waals surface area contributed by atoms with Gasteiger partial charge in [-0.2, -0.15) is 0 Å². The van der Waals surface area contributed by atoms with E-state index in [1.54, 1.807) is 19.1 Å². The number of esters is 4. The third-order valence-corrected chi connectivity index (χ3v) is 7.45. The Bertz CT molecular complexity index is 1330. The van der Waals surface area contributed by atoms with Gasteiger partial charge in [-0.1, -0.05) is 47.1 Å². The summed E-state index contributed by atoms with van der Waals surface area (Å²) in [7, 11) is 0. The van der Waals surface area contributed by atoms with E-state index < -0.39 is 60.7 Å². The third-order valence-electron chi connectivity index (χ3n) is 6.71. The van der Waals surface area contributed by atoms with Crippen molar-refractivity contribution in [3.8, 4) is 5.75 Å². The molecule has 234 valence electrons. The van der Waals surface area contributed by atoms with Crippen LogP contribution in [0.3, 0.4) is 0 Å². The van der Waals surface area contributed by atoms with Crippen LogP contribution in [0.2, 0.25) is 0 Å². The van der Waals surface area contributed by atoms with Gasteiger partial charge in [-0.05, 0) is 48.6 Å². The normalized spacial score (nSPS) is 23.2. The fourth-order valence-electron chi connectivity index (χ4n) is 4.90. The van der Waals surface area contributed by atoms with Crippen LogP contribution in [0, 0.1) is 0 Å². The molecule has 1 saturated heterocycles. The summed E-state index contributed by atoms with van der Waals surface area (Å²) in [6, 6.07) is 11.4. The molecule has 0 saturated carbocycles. The highest BCUT2D eigenvalue weighted by Gasteiger charge is 2.61. The molecule has 43 heavy (non-hydrogen) atoms. The monoisotopic (exact) mass is 664 g/mol. The smallest absolute Gasteiger partial charge is 0.303 e. The fourth-order valence-corrected chi connectivity index (χ4v) is 5.36. The first-order valence-electron chi connectivity index (χ1n) is 13.9. The van der Waals surface area contributed by atoms with Crippen LogP contribution in [-0.2, 0) is 61.5 Å². The number of ether oxygens (including phenoxy) is 6. The Balaban J connectivity index is 2.24. The molecular formula is C31H37BrO11. The van der Waals surface area contributed by atoms with Crippen LogP contribution in [-0.4, -0.2) is 66.6 Å². The van der Waals surface area contributed by atoms with Gasteiger partial charge < -0.3 is 33.5 Å². The van der Waals surface area contributed by atoms with Crippen molar-refractivity contribution in [3.63, 3.8) is 0 Å². The van der Waals surface area contributed by atoms with Gasteiger partial charge in [0.05, 0.1) is 12.2 Å². The first-order valence-corrected chi connectivity index (χ1v) is 14.7. The zero-order valence-corrected chi connectivity index (χ0v) is 26.6. The summed E-state index contributed by atoms with van der Waals surface area (Å²) >= 11 is 3.60. The predicted octanol–water partition coefficient (Wildman–Crippen LogP) is 3.90. The molecule has 11 nitrogen and oxygen atoms in total. The Morgan fingerprint density at radius 2 is 1.44 bits per heavy atom. The van der Waals surface area contributed by atoms with Crippen LogP contribution in [0.4, 0.5) is 0 Å². The lowest BCUT2D eigenvalue weighted by molar-refractivity contribution is -0.360. The van der Waals surface area contributed by atoms with Crippen molar-refractivity contribution >= 4 is 39.8 Å². The second-order valence-corrected chi connectivity index (χ2v) is 10.9. The van der Waals surface area contributed by atoms with Gasteiger partial charge in [0.2, 0.25) is 11.9 Å². The summed E-state index contributed by atoms with van der Waals surface area (Å²) in [5, 5.41) is 12.4. The highest BCUT2D eigenvalue weighted by atomic mass is 79.9. The van der Waals surface area contributed by atoms with E-state index in [2.05, 4.69) is 22.9 Å². The summed E-state index contributed by atoms with van der Waals surface area (Å²) in [6.07, 6.45) is -4.73. The number of carbonyl (C=O) groups is 4. The van der Waals surface area contributed by atoms with Crippen molar-refractivity contribution in [2.75, 3.05) is 13.2 Å². The molecule has 3 rings (SSSR count). The Morgan fingerprint density at radius 1 is 0.860 bits per heavy atom. The topological polar surface area (TPSA) is 144 Å². The number of aryl methyl sites for hydroxylation is 1. The van der Waals surface area contributed by atoms with E-state index in [0.717, 1.165) is 38.3 Å². The van der Waals surface area contributed by atoms with Gasteiger partial charge in [0, 0.05) is 32.2 Å². The molecule has 0 unspecified atom stereocenters. The van der Waals surface area contributed by atoms with Crippen molar-refractivity contribution in [2.24, 2.45) is 0 Å². The Morgan fingerprint density at radius 3 is 1.98 bits per heavy atom. The number of benzene rings is 2. The first-order chi connectivity index (χ1) is 20.3. The standard InChI is InChI=1S/C31H37BrO11/c1-7-21-9-11-22(12-10-21)13-23-14-24(26(38-8-2)15-25(23)32)31(37)30(42-20(6)36)29(41-19(5)35)28(40-18(4)34)27(43-31)16-39-17(3)33/h9-12,14-15,27-30,37H,7-8,13,16H2,1-6H3/t27-,28-,29+,30-,31-/m1/s1. The minimum absolute atomic E-state index is 0.0511. The molecule has 0 radical (unpaired) electrons. The average Bonchev–Trinajstić information content (AvgIpc) is 2.92. The zero-order chi connectivity index (χ0) is 31.9. The molecule has 1 aliphatic heterocycles. The quantitative estimate of drug-likeness (QED) is 0.276. The highest BCUT2D eigenvalue weighted by molar-refractivity contribution is 9.10. The number of hydrogen-bond acceptors (Lipinski definition) is 11. The van der Waals surface area contributed by atoms with Gasteiger partial charge in [0.1, 0.15) is 18.5 Å². The maximum absolute atomic E-state index is 12.4. The van der Waals surface area contributed by atoms with Crippen LogP contribution in [0.5, 0.6) is 5.75 Å². The van der Waals surface area contributed by atoms with Gasteiger partial charge in [0.15, 0.2) is 12.2 Å². The van der Waals surface area contributed by atoms with Crippen molar-refractivity contribution < 1.29 is 52.7 Å². The van der Waals surface area contributed by atoms with Gasteiger partial charge in [0.25, 0.3) is 0 Å². The van der Waals surface area contributed by atoms with E-state index in [1.165, 1.54) is 12.5 Å². The van der Waals surface area contributed by atoms with Gasteiger partial charge in [-0.3, -0.25) is 19.2 Å². The molecule has 0 spiro atoms. The van der Waals surface area contributed by atoms with Crippen LogP contribution in [0.1, 0.15) is 63.8 Å². The second kappa shape index (κ2) is 14.8. The Hall–Kier alpha value is -3.48. The number of rotatable bonds is 11. The van der Waals surface area contributed by atoms with Crippen LogP contribution in [0.25, 0.3) is 0 Å². The Labute approximate surface area is 258 Å². The number of halogens is 1.